The Morgan fingerprint density at radius 2 is 0.792 bits per heavy atom. The van der Waals surface area contributed by atoms with Crippen LogP contribution in [0.15, 0.2) is 72.8 Å². The second-order valence-corrected chi connectivity index (χ2v) is 6.46. The number of hydrogen-bond donors (Lipinski definition) is 0. The normalized spacial score (nSPS) is 10.8. The molecule has 0 spiro atoms. The molecule has 0 atom stereocenters. The van der Waals surface area contributed by atoms with Crippen LogP contribution in [0.2, 0.25) is 0 Å². The van der Waals surface area contributed by atoms with Crippen molar-refractivity contribution in [2.24, 2.45) is 0 Å². The molecule has 0 unspecified atom stereocenters. The summed E-state index contributed by atoms with van der Waals surface area (Å²) in [6.45, 7) is 4.41. The Labute approximate surface area is 146 Å². The average molecular weight is 314 g/mol. The van der Waals surface area contributed by atoms with Gasteiger partial charge in [-0.3, -0.25) is 0 Å². The highest BCUT2D eigenvalue weighted by Gasteiger charge is 2.05. The summed E-state index contributed by atoms with van der Waals surface area (Å²) in [4.78, 5) is 0. The van der Waals surface area contributed by atoms with Crippen LogP contribution in [0.5, 0.6) is 0 Å². The lowest BCUT2D eigenvalue weighted by molar-refractivity contribution is 1.07. The van der Waals surface area contributed by atoms with E-state index in [4.69, 9.17) is 0 Å². The minimum Gasteiger partial charge on any atom is -0.0620 e. The van der Waals surface area contributed by atoms with E-state index in [-0.39, 0.29) is 0 Å². The van der Waals surface area contributed by atoms with Gasteiger partial charge in [0.1, 0.15) is 0 Å². The minimum absolute atomic E-state index is 1.01. The number of benzene rings is 3. The molecule has 0 heteroatoms. The lowest BCUT2D eigenvalue weighted by Crippen LogP contribution is -1.97. The zero-order valence-corrected chi connectivity index (χ0v) is 14.8. The largest absolute Gasteiger partial charge is 0.0620 e. The number of rotatable bonds is 6. The van der Waals surface area contributed by atoms with E-state index in [1.165, 1.54) is 33.4 Å². The van der Waals surface area contributed by atoms with Crippen molar-refractivity contribution in [2.75, 3.05) is 0 Å². The lowest BCUT2D eigenvalue weighted by atomic mass is 9.94. The van der Waals surface area contributed by atoms with Gasteiger partial charge in [0.05, 0.1) is 0 Å². The third kappa shape index (κ3) is 4.14. The Morgan fingerprint density at radius 1 is 0.458 bits per heavy atom. The average Bonchev–Trinajstić information content (AvgIpc) is 2.64. The first-order chi connectivity index (χ1) is 11.8. The van der Waals surface area contributed by atoms with Crippen LogP contribution in [-0.2, 0) is 25.7 Å². The van der Waals surface area contributed by atoms with Gasteiger partial charge in [0, 0.05) is 0 Å². The van der Waals surface area contributed by atoms with Crippen molar-refractivity contribution in [3.63, 3.8) is 0 Å². The van der Waals surface area contributed by atoms with Gasteiger partial charge in [0.15, 0.2) is 0 Å². The molecule has 0 aliphatic heterocycles. The smallest absolute Gasteiger partial charge is 0.00229 e. The molecule has 0 nitrogen and oxygen atoms in total. The van der Waals surface area contributed by atoms with Crippen molar-refractivity contribution in [3.8, 4) is 0 Å². The number of hydrogen-bond acceptors (Lipinski definition) is 0. The van der Waals surface area contributed by atoms with E-state index in [2.05, 4.69) is 86.6 Å². The zero-order chi connectivity index (χ0) is 16.8. The van der Waals surface area contributed by atoms with Gasteiger partial charge >= 0.3 is 0 Å². The van der Waals surface area contributed by atoms with Gasteiger partial charge in [-0.1, -0.05) is 86.6 Å². The third-order valence-electron chi connectivity index (χ3n) is 4.77. The van der Waals surface area contributed by atoms with Crippen molar-refractivity contribution in [1.82, 2.24) is 0 Å². The summed E-state index contributed by atoms with van der Waals surface area (Å²) in [5, 5.41) is 0. The van der Waals surface area contributed by atoms with E-state index < -0.39 is 0 Å². The molecular weight excluding hydrogens is 288 g/mol. The first kappa shape index (κ1) is 16.5. The van der Waals surface area contributed by atoms with Gasteiger partial charge < -0.3 is 0 Å². The molecule has 0 aromatic heterocycles. The molecule has 24 heavy (non-hydrogen) atoms. The lowest BCUT2D eigenvalue weighted by Gasteiger charge is -2.11. The maximum atomic E-state index is 2.27. The highest BCUT2D eigenvalue weighted by Crippen LogP contribution is 2.19. The fraction of sp³-hybridized carbons (Fsp3) is 0.250. The van der Waals surface area contributed by atoms with Crippen molar-refractivity contribution >= 4 is 0 Å². The van der Waals surface area contributed by atoms with Crippen LogP contribution < -0.4 is 0 Å². The Bertz CT molecular complexity index is 695. The molecule has 0 saturated heterocycles. The molecule has 0 aliphatic rings. The van der Waals surface area contributed by atoms with Crippen molar-refractivity contribution in [1.29, 1.82) is 0 Å². The van der Waals surface area contributed by atoms with E-state index in [0.29, 0.717) is 0 Å². The summed E-state index contributed by atoms with van der Waals surface area (Å²) >= 11 is 0. The molecule has 0 fully saturated rings. The van der Waals surface area contributed by atoms with Gasteiger partial charge in [-0.15, -0.1) is 0 Å². The van der Waals surface area contributed by atoms with Gasteiger partial charge in [-0.25, -0.2) is 0 Å². The molecular formula is C24H26. The predicted octanol–water partition coefficient (Wildman–Crippen LogP) is 5.99. The highest BCUT2D eigenvalue weighted by atomic mass is 14.1. The Hall–Kier alpha value is -2.34. The molecule has 3 rings (SSSR count). The summed E-state index contributed by atoms with van der Waals surface area (Å²) in [6, 6.07) is 26.9. The first-order valence-electron chi connectivity index (χ1n) is 9.01. The monoisotopic (exact) mass is 314 g/mol. The maximum Gasteiger partial charge on any atom is -0.00229 e. The van der Waals surface area contributed by atoms with Gasteiger partial charge in [-0.2, -0.15) is 0 Å². The van der Waals surface area contributed by atoms with Crippen LogP contribution in [0.4, 0.5) is 0 Å². The van der Waals surface area contributed by atoms with E-state index in [1.54, 1.807) is 0 Å². The molecule has 0 amide bonds. The molecule has 0 bridgehead atoms. The summed E-state index contributed by atoms with van der Waals surface area (Å²) in [5.41, 5.74) is 8.45. The summed E-state index contributed by atoms with van der Waals surface area (Å²) in [6.07, 6.45) is 4.22. The fourth-order valence-corrected chi connectivity index (χ4v) is 3.13. The topological polar surface area (TPSA) is 0 Å². The van der Waals surface area contributed by atoms with Crippen LogP contribution in [0.25, 0.3) is 0 Å². The van der Waals surface area contributed by atoms with Crippen LogP contribution in [0.3, 0.4) is 0 Å². The molecule has 3 aromatic rings. The highest BCUT2D eigenvalue weighted by molar-refractivity contribution is 5.37. The maximum absolute atomic E-state index is 2.27. The van der Waals surface area contributed by atoms with Gasteiger partial charge in [-0.05, 0) is 59.1 Å². The Morgan fingerprint density at radius 3 is 1.12 bits per heavy atom. The second-order valence-electron chi connectivity index (χ2n) is 6.46. The summed E-state index contributed by atoms with van der Waals surface area (Å²) in [7, 11) is 0. The number of aryl methyl sites for hydroxylation is 2. The molecule has 3 aromatic carbocycles. The minimum atomic E-state index is 1.01. The second kappa shape index (κ2) is 7.97. The van der Waals surface area contributed by atoms with E-state index >= 15 is 0 Å². The fourth-order valence-electron chi connectivity index (χ4n) is 3.13. The summed E-state index contributed by atoms with van der Waals surface area (Å²) in [5.74, 6) is 0. The van der Waals surface area contributed by atoms with E-state index in [9.17, 15) is 0 Å². The Balaban J connectivity index is 1.78. The van der Waals surface area contributed by atoms with Crippen molar-refractivity contribution in [3.05, 3.63) is 106 Å². The van der Waals surface area contributed by atoms with Crippen molar-refractivity contribution < 1.29 is 0 Å². The van der Waals surface area contributed by atoms with E-state index in [1.807, 2.05) is 0 Å². The molecule has 0 N–H and O–H groups in total. The zero-order valence-electron chi connectivity index (χ0n) is 14.8. The standard InChI is InChI=1S/C24H26/c1-3-19-9-13-21(14-10-19)17-23-7-5-6-8-24(23)18-22-15-11-20(4-2)12-16-22/h5-16H,3-4,17-18H2,1-2H3. The first-order valence-corrected chi connectivity index (χ1v) is 9.01. The summed E-state index contributed by atoms with van der Waals surface area (Å²) < 4.78 is 0. The molecule has 0 heterocycles. The van der Waals surface area contributed by atoms with E-state index in [0.717, 1.165) is 25.7 Å². The van der Waals surface area contributed by atoms with Gasteiger partial charge in [0.25, 0.3) is 0 Å². The van der Waals surface area contributed by atoms with Crippen LogP contribution in [-0.4, -0.2) is 0 Å². The quantitative estimate of drug-likeness (QED) is 0.524. The predicted molar refractivity (Wildman–Crippen MR) is 104 cm³/mol. The molecule has 0 aliphatic carbocycles. The molecule has 122 valence electrons. The van der Waals surface area contributed by atoms with Gasteiger partial charge in [0.2, 0.25) is 0 Å². The third-order valence-corrected chi connectivity index (χ3v) is 4.77. The molecule has 0 radical (unpaired) electrons. The van der Waals surface area contributed by atoms with Crippen LogP contribution in [0, 0.1) is 0 Å². The van der Waals surface area contributed by atoms with Crippen LogP contribution in [0.1, 0.15) is 47.2 Å². The Kier molecular flexibility index (Phi) is 5.48. The van der Waals surface area contributed by atoms with Crippen molar-refractivity contribution in [2.45, 2.75) is 39.5 Å². The van der Waals surface area contributed by atoms with Crippen LogP contribution >= 0.6 is 0 Å². The SMILES string of the molecule is CCc1ccc(Cc2ccccc2Cc2ccc(CC)cc2)cc1. The molecule has 0 saturated carbocycles.